The summed E-state index contributed by atoms with van der Waals surface area (Å²) >= 11 is 0. The van der Waals surface area contributed by atoms with Crippen molar-refractivity contribution in [1.29, 1.82) is 0 Å². The van der Waals surface area contributed by atoms with E-state index in [1.165, 1.54) is 18.2 Å². The lowest BCUT2D eigenvalue weighted by molar-refractivity contribution is -0.384. The second kappa shape index (κ2) is 9.73. The van der Waals surface area contributed by atoms with Crippen LogP contribution in [0.1, 0.15) is 30.0 Å². The molecule has 1 unspecified atom stereocenters. The van der Waals surface area contributed by atoms with Crippen LogP contribution >= 0.6 is 0 Å². The zero-order valence-electron chi connectivity index (χ0n) is 17.7. The van der Waals surface area contributed by atoms with Crippen molar-refractivity contribution in [3.05, 3.63) is 87.4 Å². The summed E-state index contributed by atoms with van der Waals surface area (Å²) in [6.45, 7) is 0.381. The minimum absolute atomic E-state index is 0.0252. The summed E-state index contributed by atoms with van der Waals surface area (Å²) < 4.78 is 41.4. The number of nitrogens with zero attached hydrogens (tertiary/aromatic N) is 4. The third-order valence-corrected chi connectivity index (χ3v) is 5.35. The summed E-state index contributed by atoms with van der Waals surface area (Å²) in [6.07, 6.45) is 2.08. The fraction of sp³-hybridized carbons (Fsp3) is 0.227. The fourth-order valence-electron chi connectivity index (χ4n) is 3.81. The molecule has 176 valence electrons. The normalized spacial score (nSPS) is 15.3. The van der Waals surface area contributed by atoms with Crippen LogP contribution in [0.15, 0.2) is 48.7 Å². The van der Waals surface area contributed by atoms with Gasteiger partial charge in [0, 0.05) is 18.7 Å². The maximum atomic E-state index is 14.4. The van der Waals surface area contributed by atoms with Crippen LogP contribution in [0.4, 0.5) is 35.4 Å². The molecule has 2 amide bonds. The van der Waals surface area contributed by atoms with E-state index in [9.17, 15) is 28.1 Å². The summed E-state index contributed by atoms with van der Waals surface area (Å²) in [5.74, 6) is -1.99. The van der Waals surface area contributed by atoms with Gasteiger partial charge in [0.05, 0.1) is 11.0 Å². The lowest BCUT2D eigenvalue weighted by atomic mass is 10.0. The van der Waals surface area contributed by atoms with Crippen LogP contribution in [0.2, 0.25) is 0 Å². The van der Waals surface area contributed by atoms with Crippen molar-refractivity contribution >= 4 is 23.5 Å². The standard InChI is InChI=1S/C22H19F3N6O3/c23-14-4-1-3-13(9-14)11-27-22(32)29-20-19(31(33)34)12-26-21(28-20)30-8-2-5-18(30)16-10-15(24)6-7-17(16)25/h1,3-4,6-7,9-10,12,18H,2,5,8,11H2,(H2,26,27,28,29,32). The van der Waals surface area contributed by atoms with E-state index >= 15 is 0 Å². The summed E-state index contributed by atoms with van der Waals surface area (Å²) in [4.78, 5) is 32.8. The van der Waals surface area contributed by atoms with Gasteiger partial charge in [0.15, 0.2) is 0 Å². The summed E-state index contributed by atoms with van der Waals surface area (Å²) in [6, 6.07) is 7.37. The van der Waals surface area contributed by atoms with Crippen LogP contribution < -0.4 is 15.5 Å². The van der Waals surface area contributed by atoms with Gasteiger partial charge in [-0.25, -0.2) is 22.9 Å². The maximum Gasteiger partial charge on any atom is 0.330 e. The molecule has 1 aliphatic heterocycles. The van der Waals surface area contributed by atoms with E-state index in [0.29, 0.717) is 24.9 Å². The van der Waals surface area contributed by atoms with E-state index in [0.717, 1.165) is 24.4 Å². The number of rotatable bonds is 6. The van der Waals surface area contributed by atoms with Crippen molar-refractivity contribution in [3.8, 4) is 0 Å². The summed E-state index contributed by atoms with van der Waals surface area (Å²) in [5.41, 5.74) is 0.0733. The molecular weight excluding hydrogens is 453 g/mol. The average molecular weight is 472 g/mol. The molecule has 3 aromatic rings. The topological polar surface area (TPSA) is 113 Å². The zero-order chi connectivity index (χ0) is 24.2. The van der Waals surface area contributed by atoms with Crippen LogP contribution in [0, 0.1) is 27.6 Å². The number of hydrogen-bond acceptors (Lipinski definition) is 6. The number of hydrogen-bond donors (Lipinski definition) is 2. The highest BCUT2D eigenvalue weighted by molar-refractivity contribution is 5.90. The van der Waals surface area contributed by atoms with Gasteiger partial charge in [0.2, 0.25) is 11.8 Å². The van der Waals surface area contributed by atoms with Crippen molar-refractivity contribution in [2.45, 2.75) is 25.4 Å². The van der Waals surface area contributed by atoms with E-state index in [1.54, 1.807) is 11.0 Å². The Balaban J connectivity index is 1.56. The second-order valence-electron chi connectivity index (χ2n) is 7.62. The first kappa shape index (κ1) is 23.0. The Labute approximate surface area is 191 Å². The Bertz CT molecular complexity index is 1240. The minimum atomic E-state index is -0.800. The highest BCUT2D eigenvalue weighted by atomic mass is 19.1. The number of nitro groups is 1. The molecule has 1 saturated heterocycles. The lowest BCUT2D eigenvalue weighted by Gasteiger charge is -2.25. The Kier molecular flexibility index (Phi) is 6.57. The molecule has 9 nitrogen and oxygen atoms in total. The van der Waals surface area contributed by atoms with Gasteiger partial charge in [0.25, 0.3) is 0 Å². The van der Waals surface area contributed by atoms with E-state index in [-0.39, 0.29) is 23.9 Å². The first-order valence-electron chi connectivity index (χ1n) is 10.3. The SMILES string of the molecule is O=C(NCc1cccc(F)c1)Nc1nc(N2CCCC2c2cc(F)ccc2F)ncc1[N+](=O)[O-]. The number of amides is 2. The molecule has 1 aromatic heterocycles. The Hall–Kier alpha value is -4.22. The van der Waals surface area contributed by atoms with Crippen molar-refractivity contribution in [1.82, 2.24) is 15.3 Å². The molecule has 2 N–H and O–H groups in total. The predicted octanol–water partition coefficient (Wildman–Crippen LogP) is 4.47. The maximum absolute atomic E-state index is 14.4. The van der Waals surface area contributed by atoms with Crippen LogP contribution in [-0.2, 0) is 6.54 Å². The van der Waals surface area contributed by atoms with Crippen LogP contribution in [0.5, 0.6) is 0 Å². The monoisotopic (exact) mass is 472 g/mol. The summed E-state index contributed by atoms with van der Waals surface area (Å²) in [7, 11) is 0. The molecule has 2 heterocycles. The number of benzene rings is 2. The first-order valence-corrected chi connectivity index (χ1v) is 10.3. The third-order valence-electron chi connectivity index (χ3n) is 5.35. The molecule has 12 heteroatoms. The quantitative estimate of drug-likeness (QED) is 0.404. The number of nitrogens with one attached hydrogen (secondary N) is 2. The average Bonchev–Trinajstić information content (AvgIpc) is 3.29. The van der Waals surface area contributed by atoms with Gasteiger partial charge in [-0.1, -0.05) is 12.1 Å². The highest BCUT2D eigenvalue weighted by Gasteiger charge is 2.32. The molecular formula is C22H19F3N6O3. The Morgan fingerprint density at radius 1 is 1.18 bits per heavy atom. The van der Waals surface area contributed by atoms with Gasteiger partial charge in [0.1, 0.15) is 23.6 Å². The number of aromatic nitrogens is 2. The molecule has 2 aromatic carbocycles. The Morgan fingerprint density at radius 3 is 2.74 bits per heavy atom. The van der Waals surface area contributed by atoms with E-state index in [4.69, 9.17) is 0 Å². The van der Waals surface area contributed by atoms with Crippen molar-refractivity contribution in [2.24, 2.45) is 0 Å². The predicted molar refractivity (Wildman–Crippen MR) is 117 cm³/mol. The van der Waals surface area contributed by atoms with Gasteiger partial charge in [-0.2, -0.15) is 4.98 Å². The van der Waals surface area contributed by atoms with Crippen LogP contribution in [0.25, 0.3) is 0 Å². The number of carbonyl (C=O) groups excluding carboxylic acids is 1. The van der Waals surface area contributed by atoms with E-state index in [2.05, 4.69) is 20.6 Å². The second-order valence-corrected chi connectivity index (χ2v) is 7.62. The molecule has 0 radical (unpaired) electrons. The van der Waals surface area contributed by atoms with Crippen molar-refractivity contribution in [2.75, 3.05) is 16.8 Å². The van der Waals surface area contributed by atoms with E-state index < -0.39 is 40.1 Å². The lowest BCUT2D eigenvalue weighted by Crippen LogP contribution is -2.30. The molecule has 0 bridgehead atoms. The van der Waals surface area contributed by atoms with Gasteiger partial charge in [-0.15, -0.1) is 0 Å². The smallest absolute Gasteiger partial charge is 0.330 e. The number of urea groups is 1. The zero-order valence-corrected chi connectivity index (χ0v) is 17.7. The molecule has 0 spiro atoms. The summed E-state index contributed by atoms with van der Waals surface area (Å²) in [5, 5.41) is 16.2. The van der Waals surface area contributed by atoms with Gasteiger partial charge >= 0.3 is 11.7 Å². The van der Waals surface area contributed by atoms with Crippen LogP contribution in [0.3, 0.4) is 0 Å². The fourth-order valence-corrected chi connectivity index (χ4v) is 3.81. The molecule has 1 atom stereocenters. The molecule has 0 saturated carbocycles. The molecule has 34 heavy (non-hydrogen) atoms. The molecule has 1 aliphatic rings. The number of anilines is 2. The third kappa shape index (κ3) is 5.05. The Morgan fingerprint density at radius 2 is 1.97 bits per heavy atom. The van der Waals surface area contributed by atoms with E-state index in [1.807, 2.05) is 0 Å². The first-order chi connectivity index (χ1) is 16.3. The van der Waals surface area contributed by atoms with Gasteiger partial charge in [-0.3, -0.25) is 15.4 Å². The van der Waals surface area contributed by atoms with Gasteiger partial charge < -0.3 is 10.2 Å². The van der Waals surface area contributed by atoms with Gasteiger partial charge in [-0.05, 0) is 48.7 Å². The molecule has 1 fully saturated rings. The van der Waals surface area contributed by atoms with Crippen molar-refractivity contribution < 1.29 is 22.9 Å². The number of carbonyl (C=O) groups is 1. The minimum Gasteiger partial charge on any atom is -0.334 e. The highest BCUT2D eigenvalue weighted by Crippen LogP contribution is 2.37. The largest absolute Gasteiger partial charge is 0.334 e. The molecule has 0 aliphatic carbocycles. The van der Waals surface area contributed by atoms with Crippen LogP contribution in [-0.4, -0.2) is 27.5 Å². The van der Waals surface area contributed by atoms with Crippen molar-refractivity contribution in [3.63, 3.8) is 0 Å². The molecule has 4 rings (SSSR count). The number of halogens is 3.